The molecule has 168 valence electrons. The van der Waals surface area contributed by atoms with Crippen molar-refractivity contribution < 1.29 is 9.59 Å². The van der Waals surface area contributed by atoms with E-state index in [-0.39, 0.29) is 12.3 Å². The monoisotopic (exact) mass is 444 g/mol. The lowest BCUT2D eigenvalue weighted by Crippen LogP contribution is -2.41. The first-order valence-corrected chi connectivity index (χ1v) is 10.5. The first kappa shape index (κ1) is 22.0. The molecule has 1 amide bonds. The normalized spacial score (nSPS) is 11.0. The summed E-state index contributed by atoms with van der Waals surface area (Å²) in [6.07, 6.45) is 0. The quantitative estimate of drug-likeness (QED) is 0.479. The van der Waals surface area contributed by atoms with Gasteiger partial charge in [0.2, 0.25) is 5.91 Å². The predicted molar refractivity (Wildman–Crippen MR) is 127 cm³/mol. The number of ketones is 1. The highest BCUT2D eigenvalue weighted by atomic mass is 16.2. The zero-order valence-electron chi connectivity index (χ0n) is 18.9. The van der Waals surface area contributed by atoms with Crippen molar-refractivity contribution in [3.63, 3.8) is 0 Å². The Bertz CT molecular complexity index is 1520. The molecule has 4 aromatic rings. The van der Waals surface area contributed by atoms with Gasteiger partial charge in [0.15, 0.2) is 5.78 Å². The van der Waals surface area contributed by atoms with E-state index in [1.165, 1.54) is 11.5 Å². The minimum atomic E-state index is -0.602. The molecule has 4 rings (SSSR count). The number of benzene rings is 2. The maximum Gasteiger partial charge on any atom is 0.336 e. The Morgan fingerprint density at radius 2 is 1.67 bits per heavy atom. The largest absolute Gasteiger partial charge is 0.342 e. The number of aryl methyl sites for hydroxylation is 3. The highest BCUT2D eigenvalue weighted by molar-refractivity contribution is 5.97. The molecule has 0 aliphatic rings. The van der Waals surface area contributed by atoms with E-state index in [1.807, 2.05) is 26.0 Å². The van der Waals surface area contributed by atoms with Crippen LogP contribution in [0.3, 0.4) is 0 Å². The van der Waals surface area contributed by atoms with E-state index in [0.29, 0.717) is 28.0 Å². The van der Waals surface area contributed by atoms with Crippen LogP contribution in [0.2, 0.25) is 0 Å². The Morgan fingerprint density at radius 1 is 0.970 bits per heavy atom. The lowest BCUT2D eigenvalue weighted by Gasteiger charge is -2.13. The van der Waals surface area contributed by atoms with Crippen molar-refractivity contribution in [3.05, 3.63) is 92.3 Å². The highest BCUT2D eigenvalue weighted by Gasteiger charge is 2.20. The van der Waals surface area contributed by atoms with Crippen LogP contribution >= 0.6 is 0 Å². The Morgan fingerprint density at radius 3 is 2.33 bits per heavy atom. The van der Waals surface area contributed by atoms with E-state index in [4.69, 9.17) is 0 Å². The van der Waals surface area contributed by atoms with E-state index in [9.17, 15) is 19.2 Å². The molecule has 33 heavy (non-hydrogen) atoms. The van der Waals surface area contributed by atoms with E-state index in [1.54, 1.807) is 54.1 Å². The van der Waals surface area contributed by atoms with Crippen molar-refractivity contribution in [3.8, 4) is 5.69 Å². The fourth-order valence-corrected chi connectivity index (χ4v) is 3.82. The van der Waals surface area contributed by atoms with E-state index in [2.05, 4.69) is 5.32 Å². The second-order valence-electron chi connectivity index (χ2n) is 8.11. The fraction of sp³-hybridized carbons (Fsp3) is 0.200. The maximum absolute atomic E-state index is 13.4. The molecule has 0 saturated carbocycles. The summed E-state index contributed by atoms with van der Waals surface area (Å²) in [4.78, 5) is 51.2. The number of rotatable bonds is 5. The maximum atomic E-state index is 13.4. The van der Waals surface area contributed by atoms with Gasteiger partial charge in [-0.3, -0.25) is 19.0 Å². The minimum absolute atomic E-state index is 0.117. The highest BCUT2D eigenvalue weighted by Crippen LogP contribution is 2.16. The third-order valence-electron chi connectivity index (χ3n) is 5.72. The number of fused-ring (bicyclic) bond motifs is 1. The Labute approximate surface area is 189 Å². The molecular formula is C25H24N4O4. The van der Waals surface area contributed by atoms with Gasteiger partial charge in [-0.15, -0.1) is 0 Å². The summed E-state index contributed by atoms with van der Waals surface area (Å²) in [6.45, 7) is 4.90. The summed E-state index contributed by atoms with van der Waals surface area (Å²) in [7, 11) is 1.75. The van der Waals surface area contributed by atoms with Crippen LogP contribution in [-0.4, -0.2) is 25.4 Å². The number of Topliss-reactive ketones (excluding diaryl/α,β-unsaturated/α-hetero) is 1. The molecule has 0 aliphatic heterocycles. The number of nitrogens with one attached hydrogen (secondary N) is 1. The summed E-state index contributed by atoms with van der Waals surface area (Å²) < 4.78 is 4.10. The van der Waals surface area contributed by atoms with Crippen molar-refractivity contribution >= 4 is 28.4 Å². The Balaban J connectivity index is 1.82. The lowest BCUT2D eigenvalue weighted by atomic mass is 10.1. The molecule has 0 radical (unpaired) electrons. The second-order valence-corrected chi connectivity index (χ2v) is 8.11. The topological polar surface area (TPSA) is 95.1 Å². The van der Waals surface area contributed by atoms with E-state index >= 15 is 0 Å². The molecule has 8 heteroatoms. The molecular weight excluding hydrogens is 420 g/mol. The van der Waals surface area contributed by atoms with Crippen LogP contribution in [0.15, 0.2) is 64.2 Å². The number of hydrogen-bond donors (Lipinski definition) is 1. The number of aromatic nitrogens is 3. The standard InChI is InChI=1S/C25H24N4O4/c1-15-8-10-20(11-9-15)29-24(32)23-21(12-16(2)27(23)4)28(25(29)33)14-22(31)26-19-7-5-6-18(13-19)17(3)30/h5-13H,14H2,1-4H3,(H,26,31). The molecule has 2 heterocycles. The van der Waals surface area contributed by atoms with Gasteiger partial charge in [0.1, 0.15) is 12.1 Å². The Kier molecular flexibility index (Phi) is 5.59. The number of nitrogens with zero attached hydrogens (tertiary/aromatic N) is 3. The summed E-state index contributed by atoms with van der Waals surface area (Å²) >= 11 is 0. The third-order valence-corrected chi connectivity index (χ3v) is 5.72. The number of hydrogen-bond acceptors (Lipinski definition) is 4. The number of carbonyl (C=O) groups excluding carboxylic acids is 2. The molecule has 0 bridgehead atoms. The average Bonchev–Trinajstić information content (AvgIpc) is 3.07. The first-order chi connectivity index (χ1) is 15.7. The zero-order chi connectivity index (χ0) is 23.9. The summed E-state index contributed by atoms with van der Waals surface area (Å²) in [5.41, 5.74) is 2.81. The third kappa shape index (κ3) is 4.03. The van der Waals surface area contributed by atoms with Crippen LogP contribution in [0, 0.1) is 13.8 Å². The minimum Gasteiger partial charge on any atom is -0.342 e. The molecule has 0 saturated heterocycles. The smallest absolute Gasteiger partial charge is 0.336 e. The van der Waals surface area contributed by atoms with Gasteiger partial charge in [0.25, 0.3) is 5.56 Å². The van der Waals surface area contributed by atoms with Gasteiger partial charge in [0.05, 0.1) is 11.2 Å². The van der Waals surface area contributed by atoms with Crippen LogP contribution < -0.4 is 16.6 Å². The molecule has 2 aromatic carbocycles. The summed E-state index contributed by atoms with van der Waals surface area (Å²) in [6, 6.07) is 15.4. The van der Waals surface area contributed by atoms with Gasteiger partial charge in [-0.2, -0.15) is 0 Å². The molecule has 8 nitrogen and oxygen atoms in total. The first-order valence-electron chi connectivity index (χ1n) is 10.5. The van der Waals surface area contributed by atoms with Gasteiger partial charge < -0.3 is 9.88 Å². The van der Waals surface area contributed by atoms with Crippen molar-refractivity contribution in [2.45, 2.75) is 27.3 Å². The van der Waals surface area contributed by atoms with Gasteiger partial charge >= 0.3 is 5.69 Å². The summed E-state index contributed by atoms with van der Waals surface area (Å²) in [5, 5.41) is 2.74. The van der Waals surface area contributed by atoms with Crippen molar-refractivity contribution in [1.82, 2.24) is 13.7 Å². The summed E-state index contributed by atoms with van der Waals surface area (Å²) in [5.74, 6) is -0.566. The van der Waals surface area contributed by atoms with Crippen LogP contribution in [-0.2, 0) is 18.4 Å². The molecule has 0 spiro atoms. The van der Waals surface area contributed by atoms with Crippen molar-refractivity contribution in [2.75, 3.05) is 5.32 Å². The van der Waals surface area contributed by atoms with Crippen molar-refractivity contribution in [1.29, 1.82) is 0 Å². The molecule has 2 aromatic heterocycles. The van der Waals surface area contributed by atoms with Gasteiger partial charge in [-0.25, -0.2) is 9.36 Å². The van der Waals surface area contributed by atoms with E-state index in [0.717, 1.165) is 15.8 Å². The van der Waals surface area contributed by atoms with Gasteiger partial charge in [-0.1, -0.05) is 29.8 Å². The van der Waals surface area contributed by atoms with Crippen molar-refractivity contribution in [2.24, 2.45) is 7.05 Å². The number of anilines is 1. The van der Waals surface area contributed by atoms with E-state index < -0.39 is 17.2 Å². The average molecular weight is 444 g/mol. The van der Waals surface area contributed by atoms with Gasteiger partial charge in [-0.05, 0) is 51.1 Å². The Hall–Kier alpha value is -4.20. The number of carbonyl (C=O) groups is 2. The van der Waals surface area contributed by atoms with Crippen LogP contribution in [0.1, 0.15) is 28.5 Å². The van der Waals surface area contributed by atoms with Crippen LogP contribution in [0.5, 0.6) is 0 Å². The second kappa shape index (κ2) is 8.38. The molecule has 0 atom stereocenters. The number of amides is 1. The molecule has 0 unspecified atom stereocenters. The zero-order valence-corrected chi connectivity index (χ0v) is 18.9. The van der Waals surface area contributed by atoms with Gasteiger partial charge in [0, 0.05) is 24.0 Å². The van der Waals surface area contributed by atoms with Crippen LogP contribution in [0.4, 0.5) is 5.69 Å². The molecule has 0 fully saturated rings. The fourth-order valence-electron chi connectivity index (χ4n) is 3.82. The SMILES string of the molecule is CC(=O)c1cccc(NC(=O)Cn2c(=O)n(-c3ccc(C)cc3)c(=O)c3c2cc(C)n3C)c1. The van der Waals surface area contributed by atoms with Crippen LogP contribution in [0.25, 0.3) is 16.7 Å². The molecule has 1 N–H and O–H groups in total. The molecule has 0 aliphatic carbocycles. The lowest BCUT2D eigenvalue weighted by molar-refractivity contribution is -0.116. The predicted octanol–water partition coefficient (Wildman–Crippen LogP) is 2.95.